The van der Waals surface area contributed by atoms with Crippen molar-refractivity contribution >= 4 is 28.5 Å². The summed E-state index contributed by atoms with van der Waals surface area (Å²) in [7, 11) is 0. The summed E-state index contributed by atoms with van der Waals surface area (Å²) in [4.78, 5) is 23.1. The number of aliphatic hydroxyl groups is 2. The van der Waals surface area contributed by atoms with Gasteiger partial charge in [0, 0.05) is 16.6 Å². The third-order valence-corrected chi connectivity index (χ3v) is 3.13. The Morgan fingerprint density at radius 3 is 2.70 bits per heavy atom. The van der Waals surface area contributed by atoms with E-state index in [2.05, 4.69) is 0 Å². The molecular weight excluding hydrogens is 286 g/mol. The van der Waals surface area contributed by atoms with Crippen molar-refractivity contribution < 1.29 is 20.1 Å². The van der Waals surface area contributed by atoms with Gasteiger partial charge in [0.15, 0.2) is 0 Å². The van der Waals surface area contributed by atoms with Gasteiger partial charge in [-0.3, -0.25) is 4.79 Å². The molecular formula is C13H12ClNO5. The number of rotatable bonds is 4. The second kappa shape index (κ2) is 5.62. The third-order valence-electron chi connectivity index (χ3n) is 2.89. The fourth-order valence-corrected chi connectivity index (χ4v) is 2.12. The van der Waals surface area contributed by atoms with Gasteiger partial charge in [0.2, 0.25) is 5.43 Å². The highest BCUT2D eigenvalue weighted by Crippen LogP contribution is 2.18. The lowest BCUT2D eigenvalue weighted by Crippen LogP contribution is -2.24. The molecule has 0 fully saturated rings. The molecule has 0 bridgehead atoms. The summed E-state index contributed by atoms with van der Waals surface area (Å²) in [6.07, 6.45) is 0.0729. The molecule has 2 aromatic rings. The zero-order valence-corrected chi connectivity index (χ0v) is 11.0. The van der Waals surface area contributed by atoms with Crippen molar-refractivity contribution in [2.24, 2.45) is 0 Å². The van der Waals surface area contributed by atoms with Crippen molar-refractivity contribution in [3.05, 3.63) is 45.2 Å². The molecule has 1 atom stereocenters. The maximum atomic E-state index is 12.0. The highest BCUT2D eigenvalue weighted by atomic mass is 35.5. The van der Waals surface area contributed by atoms with Gasteiger partial charge in [0.1, 0.15) is 5.56 Å². The van der Waals surface area contributed by atoms with E-state index in [0.29, 0.717) is 10.5 Å². The number of benzene rings is 1. The largest absolute Gasteiger partial charge is 0.477 e. The maximum absolute atomic E-state index is 12.0. The van der Waals surface area contributed by atoms with Crippen LogP contribution in [-0.4, -0.2) is 38.6 Å². The van der Waals surface area contributed by atoms with Crippen molar-refractivity contribution in [1.29, 1.82) is 0 Å². The minimum Gasteiger partial charge on any atom is -0.477 e. The number of aliphatic hydroxyl groups excluding tert-OH is 2. The van der Waals surface area contributed by atoms with Crippen LogP contribution in [0.4, 0.5) is 0 Å². The van der Waals surface area contributed by atoms with E-state index >= 15 is 0 Å². The normalized spacial score (nSPS) is 12.6. The standard InChI is InChI=1S/C13H12ClNO5/c14-7-1-2-9-11(3-7)15(4-8(17)6-16)5-10(12(9)18)13(19)20/h1-3,5,8,16-17H,4,6H2,(H,19,20). The fourth-order valence-electron chi connectivity index (χ4n) is 1.95. The van der Waals surface area contributed by atoms with Gasteiger partial charge in [-0.1, -0.05) is 11.6 Å². The Morgan fingerprint density at radius 2 is 2.10 bits per heavy atom. The van der Waals surface area contributed by atoms with Gasteiger partial charge in [-0.05, 0) is 18.2 Å². The number of carboxylic acid groups (broad SMARTS) is 1. The van der Waals surface area contributed by atoms with Crippen LogP contribution < -0.4 is 5.43 Å². The number of aromatic carboxylic acids is 1. The van der Waals surface area contributed by atoms with Crippen LogP contribution in [0.3, 0.4) is 0 Å². The van der Waals surface area contributed by atoms with Gasteiger partial charge < -0.3 is 19.9 Å². The van der Waals surface area contributed by atoms with Crippen LogP contribution in [-0.2, 0) is 6.54 Å². The Bertz CT molecular complexity index is 725. The summed E-state index contributed by atoms with van der Waals surface area (Å²) in [5, 5.41) is 28.0. The van der Waals surface area contributed by atoms with Crippen molar-refractivity contribution in [3.63, 3.8) is 0 Å². The van der Waals surface area contributed by atoms with Gasteiger partial charge in [-0.25, -0.2) is 4.79 Å². The zero-order valence-electron chi connectivity index (χ0n) is 10.3. The molecule has 0 aliphatic carbocycles. The predicted octanol–water partition coefficient (Wildman–Crippen LogP) is 0.706. The molecule has 0 amide bonds. The number of halogens is 1. The van der Waals surface area contributed by atoms with E-state index in [9.17, 15) is 14.7 Å². The van der Waals surface area contributed by atoms with Crippen molar-refractivity contribution in [1.82, 2.24) is 4.57 Å². The van der Waals surface area contributed by atoms with Crippen LogP contribution in [0.2, 0.25) is 5.02 Å². The Kier molecular flexibility index (Phi) is 4.08. The summed E-state index contributed by atoms with van der Waals surface area (Å²) in [5.74, 6) is -1.35. The van der Waals surface area contributed by atoms with Gasteiger partial charge in [-0.15, -0.1) is 0 Å². The first-order valence-corrected chi connectivity index (χ1v) is 6.16. The van der Waals surface area contributed by atoms with Crippen molar-refractivity contribution in [2.75, 3.05) is 6.61 Å². The Balaban J connectivity index is 2.76. The number of aromatic nitrogens is 1. The van der Waals surface area contributed by atoms with Gasteiger partial charge >= 0.3 is 5.97 Å². The molecule has 7 heteroatoms. The lowest BCUT2D eigenvalue weighted by Gasteiger charge is -2.15. The van der Waals surface area contributed by atoms with Crippen LogP contribution in [0.5, 0.6) is 0 Å². The lowest BCUT2D eigenvalue weighted by molar-refractivity contribution is 0.0691. The van der Waals surface area contributed by atoms with Gasteiger partial charge in [0.05, 0.1) is 24.8 Å². The number of fused-ring (bicyclic) bond motifs is 1. The topological polar surface area (TPSA) is 99.8 Å². The second-order valence-electron chi connectivity index (χ2n) is 4.33. The fraction of sp³-hybridized carbons (Fsp3) is 0.231. The summed E-state index contributed by atoms with van der Waals surface area (Å²) in [6, 6.07) is 4.44. The second-order valence-corrected chi connectivity index (χ2v) is 4.76. The molecule has 6 nitrogen and oxygen atoms in total. The van der Waals surface area contributed by atoms with Gasteiger partial charge in [-0.2, -0.15) is 0 Å². The minimum atomic E-state index is -1.35. The van der Waals surface area contributed by atoms with Crippen LogP contribution >= 0.6 is 11.6 Å². The van der Waals surface area contributed by atoms with E-state index in [4.69, 9.17) is 21.8 Å². The molecule has 0 aliphatic rings. The molecule has 0 spiro atoms. The van der Waals surface area contributed by atoms with Crippen LogP contribution in [0, 0.1) is 0 Å². The molecule has 3 N–H and O–H groups in total. The van der Waals surface area contributed by atoms with E-state index < -0.39 is 29.7 Å². The lowest BCUT2D eigenvalue weighted by atomic mass is 10.1. The molecule has 1 unspecified atom stereocenters. The monoisotopic (exact) mass is 297 g/mol. The maximum Gasteiger partial charge on any atom is 0.341 e. The highest BCUT2D eigenvalue weighted by molar-refractivity contribution is 6.31. The van der Waals surface area contributed by atoms with E-state index in [0.717, 1.165) is 6.20 Å². The summed E-state index contributed by atoms with van der Waals surface area (Å²) in [6.45, 7) is -0.523. The first-order valence-electron chi connectivity index (χ1n) is 5.79. The molecule has 0 radical (unpaired) electrons. The van der Waals surface area contributed by atoms with E-state index in [-0.39, 0.29) is 11.9 Å². The number of nitrogens with zero attached hydrogens (tertiary/aromatic N) is 1. The Morgan fingerprint density at radius 1 is 1.40 bits per heavy atom. The quantitative estimate of drug-likeness (QED) is 0.771. The van der Waals surface area contributed by atoms with E-state index in [1.165, 1.54) is 22.8 Å². The van der Waals surface area contributed by atoms with Crippen molar-refractivity contribution in [2.45, 2.75) is 12.6 Å². The summed E-state index contributed by atoms with van der Waals surface area (Å²) >= 11 is 5.87. The molecule has 1 heterocycles. The SMILES string of the molecule is O=C(O)c1cn(CC(O)CO)c2cc(Cl)ccc2c1=O. The van der Waals surface area contributed by atoms with E-state index in [1.54, 1.807) is 0 Å². The number of hydrogen-bond donors (Lipinski definition) is 3. The molecule has 20 heavy (non-hydrogen) atoms. The molecule has 1 aromatic heterocycles. The first-order chi connectivity index (χ1) is 9.43. The zero-order chi connectivity index (χ0) is 14.9. The summed E-state index contributed by atoms with van der Waals surface area (Å²) < 4.78 is 1.40. The number of hydrogen-bond acceptors (Lipinski definition) is 4. The average molecular weight is 298 g/mol. The van der Waals surface area contributed by atoms with Gasteiger partial charge in [0.25, 0.3) is 0 Å². The van der Waals surface area contributed by atoms with E-state index in [1.807, 2.05) is 0 Å². The number of carbonyl (C=O) groups is 1. The number of carboxylic acids is 1. The third kappa shape index (κ3) is 2.67. The number of pyridine rings is 1. The van der Waals surface area contributed by atoms with Crippen LogP contribution in [0.25, 0.3) is 10.9 Å². The van der Waals surface area contributed by atoms with Crippen LogP contribution in [0.1, 0.15) is 10.4 Å². The highest BCUT2D eigenvalue weighted by Gasteiger charge is 2.16. The molecule has 0 aliphatic heterocycles. The first kappa shape index (κ1) is 14.5. The summed E-state index contributed by atoms with van der Waals surface area (Å²) in [5.41, 5.74) is -0.608. The Labute approximate surface area is 118 Å². The smallest absolute Gasteiger partial charge is 0.341 e. The minimum absolute atomic E-state index is 0.0477. The molecule has 2 rings (SSSR count). The molecule has 0 saturated carbocycles. The van der Waals surface area contributed by atoms with Crippen LogP contribution in [0.15, 0.2) is 29.2 Å². The molecule has 0 saturated heterocycles. The predicted molar refractivity (Wildman–Crippen MR) is 73.3 cm³/mol. The Hall–Kier alpha value is -1.89. The molecule has 106 valence electrons. The molecule has 1 aromatic carbocycles. The average Bonchev–Trinajstić information content (AvgIpc) is 2.41. The van der Waals surface area contributed by atoms with Crippen molar-refractivity contribution in [3.8, 4) is 0 Å².